The Morgan fingerprint density at radius 3 is 2.43 bits per heavy atom. The van der Waals surface area contributed by atoms with Crippen molar-refractivity contribution >= 4 is 22.5 Å². The van der Waals surface area contributed by atoms with E-state index in [9.17, 15) is 4.79 Å². The van der Waals surface area contributed by atoms with E-state index in [1.807, 2.05) is 73.7 Å². The molecule has 0 radical (unpaired) electrons. The molecule has 0 fully saturated rings. The van der Waals surface area contributed by atoms with Crippen LogP contribution in [-0.2, 0) is 6.54 Å². The van der Waals surface area contributed by atoms with E-state index >= 15 is 0 Å². The molecule has 4 rings (SSSR count). The van der Waals surface area contributed by atoms with Gasteiger partial charge in [-0.15, -0.1) is 0 Å². The minimum atomic E-state index is -0.121. The molecule has 152 valence electrons. The monoisotopic (exact) mass is 398 g/mol. The Kier molecular flexibility index (Phi) is 5.84. The molecule has 4 nitrogen and oxygen atoms in total. The third-order valence-corrected chi connectivity index (χ3v) is 5.28. The number of hydrogen-bond donors (Lipinski definition) is 1. The van der Waals surface area contributed by atoms with Gasteiger partial charge in [0.15, 0.2) is 5.75 Å². The summed E-state index contributed by atoms with van der Waals surface area (Å²) in [6, 6.07) is 25.3. The van der Waals surface area contributed by atoms with Gasteiger partial charge in [0.05, 0.1) is 5.69 Å². The summed E-state index contributed by atoms with van der Waals surface area (Å²) < 4.78 is 8.15. The molecule has 3 aromatic carbocycles. The zero-order valence-electron chi connectivity index (χ0n) is 17.4. The number of nitrogens with zero attached hydrogens (tertiary/aromatic N) is 1. The third-order valence-electron chi connectivity index (χ3n) is 5.28. The van der Waals surface area contributed by atoms with Crippen LogP contribution in [0.5, 0.6) is 11.5 Å². The summed E-state index contributed by atoms with van der Waals surface area (Å²) in [6.45, 7) is 5.00. The number of benzene rings is 3. The first-order chi connectivity index (χ1) is 14.7. The Labute approximate surface area is 177 Å². The highest BCUT2D eigenvalue weighted by atomic mass is 16.5. The van der Waals surface area contributed by atoms with E-state index in [-0.39, 0.29) is 5.91 Å². The first-order valence-electron chi connectivity index (χ1n) is 10.4. The second-order valence-corrected chi connectivity index (χ2v) is 7.36. The molecule has 1 N–H and O–H groups in total. The van der Waals surface area contributed by atoms with Gasteiger partial charge >= 0.3 is 0 Å². The second kappa shape index (κ2) is 8.87. The molecule has 0 unspecified atom stereocenters. The van der Waals surface area contributed by atoms with Gasteiger partial charge < -0.3 is 14.6 Å². The summed E-state index contributed by atoms with van der Waals surface area (Å²) in [4.78, 5) is 13.4. The van der Waals surface area contributed by atoms with Gasteiger partial charge in [-0.25, -0.2) is 0 Å². The minimum absolute atomic E-state index is 0.121. The largest absolute Gasteiger partial charge is 0.455 e. The first kappa shape index (κ1) is 19.8. The van der Waals surface area contributed by atoms with E-state index < -0.39 is 0 Å². The van der Waals surface area contributed by atoms with E-state index in [4.69, 9.17) is 4.74 Å². The fourth-order valence-corrected chi connectivity index (χ4v) is 3.77. The lowest BCUT2D eigenvalue weighted by atomic mass is 10.1. The third kappa shape index (κ3) is 3.94. The number of aryl methyl sites for hydroxylation is 2. The summed E-state index contributed by atoms with van der Waals surface area (Å²) in [6.07, 6.45) is 2.09. The number of rotatable bonds is 7. The number of unbranched alkanes of at least 4 members (excludes halogenated alkanes) is 1. The van der Waals surface area contributed by atoms with Gasteiger partial charge in [-0.1, -0.05) is 61.9 Å². The van der Waals surface area contributed by atoms with Crippen molar-refractivity contribution in [1.82, 2.24) is 4.57 Å². The number of ether oxygens (including phenoxy) is 1. The first-order valence-corrected chi connectivity index (χ1v) is 10.4. The lowest BCUT2D eigenvalue weighted by Crippen LogP contribution is -2.18. The maximum absolute atomic E-state index is 13.4. The minimum Gasteiger partial charge on any atom is -0.455 e. The van der Waals surface area contributed by atoms with Gasteiger partial charge in [0, 0.05) is 17.4 Å². The molecule has 0 aliphatic rings. The molecule has 0 aliphatic carbocycles. The summed E-state index contributed by atoms with van der Waals surface area (Å²) in [7, 11) is 0. The quantitative estimate of drug-likeness (QED) is 0.372. The van der Waals surface area contributed by atoms with Crippen LogP contribution in [0.25, 0.3) is 10.9 Å². The van der Waals surface area contributed by atoms with Crippen LogP contribution in [0.1, 0.15) is 35.8 Å². The normalized spacial score (nSPS) is 10.9. The lowest BCUT2D eigenvalue weighted by Gasteiger charge is -2.14. The van der Waals surface area contributed by atoms with Gasteiger partial charge in [0.25, 0.3) is 5.91 Å². The van der Waals surface area contributed by atoms with Crippen molar-refractivity contribution < 1.29 is 9.53 Å². The van der Waals surface area contributed by atoms with Crippen LogP contribution in [0.4, 0.5) is 5.69 Å². The maximum atomic E-state index is 13.4. The predicted octanol–water partition coefficient (Wildman–Crippen LogP) is 6.79. The molecule has 0 spiro atoms. The zero-order chi connectivity index (χ0) is 20.9. The molecule has 0 saturated carbocycles. The SMILES string of the molecule is CCCCn1c(C(=O)Nc2ccccc2Oc2ccccc2)c(C)c2ccccc21. The molecule has 30 heavy (non-hydrogen) atoms. The molecule has 1 amide bonds. The van der Waals surface area contributed by atoms with Crippen LogP contribution in [0.2, 0.25) is 0 Å². The molecule has 1 aromatic heterocycles. The molecule has 4 heteroatoms. The van der Waals surface area contributed by atoms with Gasteiger partial charge in [-0.05, 0) is 49.2 Å². The van der Waals surface area contributed by atoms with Crippen molar-refractivity contribution in [3.63, 3.8) is 0 Å². The molecule has 1 heterocycles. The number of carbonyl (C=O) groups excluding carboxylic acids is 1. The summed E-state index contributed by atoms with van der Waals surface area (Å²) in [5, 5.41) is 4.20. The number of fused-ring (bicyclic) bond motifs is 1. The van der Waals surface area contributed by atoms with Crippen molar-refractivity contribution in [2.75, 3.05) is 5.32 Å². The molecule has 0 atom stereocenters. The topological polar surface area (TPSA) is 43.3 Å². The predicted molar refractivity (Wildman–Crippen MR) is 122 cm³/mol. The molecule has 0 aliphatic heterocycles. The highest BCUT2D eigenvalue weighted by molar-refractivity contribution is 6.09. The number of nitrogens with one attached hydrogen (secondary N) is 1. The highest BCUT2D eigenvalue weighted by Crippen LogP contribution is 2.31. The molecule has 0 saturated heterocycles. The van der Waals surface area contributed by atoms with Gasteiger partial charge in [0.2, 0.25) is 0 Å². The fraction of sp³-hybridized carbons (Fsp3) is 0.192. The van der Waals surface area contributed by atoms with Crippen LogP contribution >= 0.6 is 0 Å². The number of anilines is 1. The molecule has 0 bridgehead atoms. The van der Waals surface area contributed by atoms with E-state index in [1.54, 1.807) is 0 Å². The van der Waals surface area contributed by atoms with Crippen molar-refractivity contribution in [1.29, 1.82) is 0 Å². The lowest BCUT2D eigenvalue weighted by molar-refractivity contribution is 0.101. The Morgan fingerprint density at radius 1 is 0.933 bits per heavy atom. The smallest absolute Gasteiger partial charge is 0.272 e. The van der Waals surface area contributed by atoms with Crippen LogP contribution < -0.4 is 10.1 Å². The standard InChI is InChI=1S/C26H26N2O2/c1-3-4-18-28-23-16-10-8-14-21(23)19(2)25(28)26(29)27-22-15-9-11-17-24(22)30-20-12-6-5-7-13-20/h5-17H,3-4,18H2,1-2H3,(H,27,29). The Hall–Kier alpha value is -3.53. The average molecular weight is 399 g/mol. The zero-order valence-corrected chi connectivity index (χ0v) is 17.4. The van der Waals surface area contributed by atoms with Crippen molar-refractivity contribution in [2.45, 2.75) is 33.2 Å². The van der Waals surface area contributed by atoms with E-state index in [2.05, 4.69) is 28.9 Å². The van der Waals surface area contributed by atoms with Crippen LogP contribution in [0, 0.1) is 6.92 Å². The maximum Gasteiger partial charge on any atom is 0.272 e. The summed E-state index contributed by atoms with van der Waals surface area (Å²) in [5.41, 5.74) is 3.46. The number of hydrogen-bond acceptors (Lipinski definition) is 2. The van der Waals surface area contributed by atoms with Crippen LogP contribution in [-0.4, -0.2) is 10.5 Å². The van der Waals surface area contributed by atoms with Gasteiger partial charge in [0.1, 0.15) is 11.4 Å². The molecule has 4 aromatic rings. The Balaban J connectivity index is 1.68. The average Bonchev–Trinajstić information content (AvgIpc) is 3.06. The highest BCUT2D eigenvalue weighted by Gasteiger charge is 2.21. The van der Waals surface area contributed by atoms with Crippen LogP contribution in [0.15, 0.2) is 78.9 Å². The van der Waals surface area contributed by atoms with Gasteiger partial charge in [-0.3, -0.25) is 4.79 Å². The summed E-state index contributed by atoms with van der Waals surface area (Å²) in [5.74, 6) is 1.22. The Morgan fingerprint density at radius 2 is 1.63 bits per heavy atom. The number of carbonyl (C=O) groups is 1. The van der Waals surface area contributed by atoms with E-state index in [1.165, 1.54) is 0 Å². The van der Waals surface area contributed by atoms with E-state index in [0.29, 0.717) is 17.1 Å². The fourth-order valence-electron chi connectivity index (χ4n) is 3.77. The Bertz CT molecular complexity index is 1160. The van der Waals surface area contributed by atoms with Gasteiger partial charge in [-0.2, -0.15) is 0 Å². The van der Waals surface area contributed by atoms with Crippen molar-refractivity contribution in [3.05, 3.63) is 90.1 Å². The number of para-hydroxylation sites is 4. The number of amides is 1. The number of aromatic nitrogens is 1. The second-order valence-electron chi connectivity index (χ2n) is 7.36. The summed E-state index contributed by atoms with van der Waals surface area (Å²) >= 11 is 0. The molecular formula is C26H26N2O2. The van der Waals surface area contributed by atoms with Crippen LogP contribution in [0.3, 0.4) is 0 Å². The molecular weight excluding hydrogens is 372 g/mol. The van der Waals surface area contributed by atoms with Crippen molar-refractivity contribution in [3.8, 4) is 11.5 Å². The van der Waals surface area contributed by atoms with Crippen molar-refractivity contribution in [2.24, 2.45) is 0 Å². The van der Waals surface area contributed by atoms with E-state index in [0.717, 1.165) is 41.6 Å².